The van der Waals surface area contributed by atoms with Crippen LogP contribution >= 0.6 is 0 Å². The van der Waals surface area contributed by atoms with Gasteiger partial charge in [0.2, 0.25) is 0 Å². The van der Waals surface area contributed by atoms with E-state index in [0.717, 1.165) is 48.5 Å². The molecule has 3 aromatic rings. The standard InChI is InChI=1S/C28H31N2O3/c1-2-33-26-15-13-25(14-16-26)29-27(31)21-30-19-17-24(18-20-30)28(32,22-9-5-3-6-10-22)23-11-7-4-8-12-23/h3-16,24H,2,17-21H2,1H3,(H,29,31)/q-1/p+1. The van der Waals surface area contributed by atoms with E-state index in [1.807, 2.05) is 91.9 Å². The molecule has 0 saturated carbocycles. The highest BCUT2D eigenvalue weighted by molar-refractivity contribution is 5.91. The Labute approximate surface area is 196 Å². The summed E-state index contributed by atoms with van der Waals surface area (Å²) in [5.74, 6) is 0.772. The number of anilines is 1. The van der Waals surface area contributed by atoms with Crippen LogP contribution in [0.4, 0.5) is 5.69 Å². The Morgan fingerprint density at radius 1 is 0.939 bits per heavy atom. The van der Waals surface area contributed by atoms with Gasteiger partial charge in [-0.15, -0.1) is 0 Å². The molecule has 1 fully saturated rings. The number of ether oxygens (including phenoxy) is 1. The second kappa shape index (κ2) is 10.6. The van der Waals surface area contributed by atoms with Crippen LogP contribution in [0, 0.1) is 5.92 Å². The van der Waals surface area contributed by atoms with Gasteiger partial charge >= 0.3 is 0 Å². The van der Waals surface area contributed by atoms with Crippen LogP contribution in [-0.4, -0.2) is 32.1 Å². The molecule has 33 heavy (non-hydrogen) atoms. The summed E-state index contributed by atoms with van der Waals surface area (Å²) in [5.41, 5.74) is 1.12. The lowest BCUT2D eigenvalue weighted by Crippen LogP contribution is -3.14. The summed E-state index contributed by atoms with van der Waals surface area (Å²) in [4.78, 5) is 13.8. The quantitative estimate of drug-likeness (QED) is 0.561. The molecule has 0 radical (unpaired) electrons. The number of benzene rings is 3. The zero-order valence-corrected chi connectivity index (χ0v) is 19.1. The normalized spacial score (nSPS) is 18.5. The molecule has 0 spiro atoms. The van der Waals surface area contributed by atoms with Crippen LogP contribution in [0.3, 0.4) is 0 Å². The van der Waals surface area contributed by atoms with Crippen molar-refractivity contribution in [1.29, 1.82) is 0 Å². The van der Waals surface area contributed by atoms with Crippen LogP contribution in [0.1, 0.15) is 30.9 Å². The largest absolute Gasteiger partial charge is 0.842 e. The number of likely N-dealkylation sites (tertiary alicyclic amines) is 1. The lowest BCUT2D eigenvalue weighted by molar-refractivity contribution is -0.899. The maximum absolute atomic E-state index is 14.4. The fourth-order valence-corrected chi connectivity index (χ4v) is 4.85. The fourth-order valence-electron chi connectivity index (χ4n) is 4.85. The summed E-state index contributed by atoms with van der Waals surface area (Å²) >= 11 is 0. The lowest BCUT2D eigenvalue weighted by atomic mass is 9.72. The molecule has 2 N–H and O–H groups in total. The molecule has 1 saturated heterocycles. The van der Waals surface area contributed by atoms with Crippen molar-refractivity contribution in [1.82, 2.24) is 0 Å². The summed E-state index contributed by atoms with van der Waals surface area (Å²) < 4.78 is 5.45. The number of amides is 1. The number of carbonyl (C=O) groups is 1. The van der Waals surface area contributed by atoms with Crippen LogP contribution in [0.2, 0.25) is 0 Å². The Bertz CT molecular complexity index is 975. The van der Waals surface area contributed by atoms with Gasteiger partial charge in [0.1, 0.15) is 5.75 Å². The van der Waals surface area contributed by atoms with Gasteiger partial charge in [0, 0.05) is 5.69 Å². The molecule has 0 bridgehead atoms. The van der Waals surface area contributed by atoms with Gasteiger partial charge in [-0.1, -0.05) is 77.4 Å². The third-order valence-electron chi connectivity index (χ3n) is 6.53. The number of hydrogen-bond acceptors (Lipinski definition) is 3. The maximum atomic E-state index is 14.4. The van der Waals surface area contributed by atoms with E-state index in [0.29, 0.717) is 13.2 Å². The second-order valence-electron chi connectivity index (χ2n) is 8.67. The zero-order chi connectivity index (χ0) is 23.1. The molecular weight excluding hydrogens is 412 g/mol. The van der Waals surface area contributed by atoms with Crippen molar-refractivity contribution >= 4 is 11.6 Å². The van der Waals surface area contributed by atoms with Gasteiger partial charge in [-0.3, -0.25) is 4.79 Å². The Balaban J connectivity index is 1.38. The van der Waals surface area contributed by atoms with Crippen molar-refractivity contribution in [3.63, 3.8) is 0 Å². The molecule has 5 heteroatoms. The first-order valence-corrected chi connectivity index (χ1v) is 11.8. The number of nitrogens with one attached hydrogen (secondary N) is 2. The molecular formula is C28H32N2O3. The third kappa shape index (κ3) is 5.44. The zero-order valence-electron chi connectivity index (χ0n) is 19.1. The number of rotatable bonds is 8. The molecule has 5 nitrogen and oxygen atoms in total. The van der Waals surface area contributed by atoms with Crippen LogP contribution < -0.4 is 20.1 Å². The highest BCUT2D eigenvalue weighted by Gasteiger charge is 2.35. The SMILES string of the molecule is CCOc1ccc(NC(=O)C[NH+]2CCC(C([O-])(c3ccccc3)c3ccccc3)CC2)cc1. The van der Waals surface area contributed by atoms with Gasteiger partial charge in [0.15, 0.2) is 6.54 Å². The Morgan fingerprint density at radius 2 is 1.48 bits per heavy atom. The highest BCUT2D eigenvalue weighted by Crippen LogP contribution is 2.37. The molecule has 172 valence electrons. The van der Waals surface area contributed by atoms with Crippen molar-refractivity contribution in [2.24, 2.45) is 5.92 Å². The second-order valence-corrected chi connectivity index (χ2v) is 8.67. The van der Waals surface area contributed by atoms with Crippen molar-refractivity contribution in [2.75, 3.05) is 31.6 Å². The van der Waals surface area contributed by atoms with E-state index in [1.54, 1.807) is 0 Å². The number of carbonyl (C=O) groups excluding carboxylic acids is 1. The maximum Gasteiger partial charge on any atom is 0.279 e. The molecule has 1 aliphatic heterocycles. The predicted octanol–water partition coefficient (Wildman–Crippen LogP) is 2.62. The molecule has 3 aromatic carbocycles. The minimum Gasteiger partial charge on any atom is -0.842 e. The van der Waals surface area contributed by atoms with Crippen molar-refractivity contribution in [3.05, 3.63) is 96.1 Å². The van der Waals surface area contributed by atoms with Crippen LogP contribution in [0.15, 0.2) is 84.9 Å². The molecule has 0 atom stereocenters. The van der Waals surface area contributed by atoms with Crippen molar-refractivity contribution < 1.29 is 19.5 Å². The van der Waals surface area contributed by atoms with Crippen molar-refractivity contribution in [2.45, 2.75) is 25.4 Å². The molecule has 1 aliphatic rings. The minimum absolute atomic E-state index is 0.00730. The monoisotopic (exact) mass is 444 g/mol. The van der Waals surface area contributed by atoms with E-state index in [9.17, 15) is 9.90 Å². The van der Waals surface area contributed by atoms with E-state index in [1.165, 1.54) is 4.90 Å². The van der Waals surface area contributed by atoms with Crippen LogP contribution in [0.5, 0.6) is 5.75 Å². The van der Waals surface area contributed by atoms with Gasteiger partial charge in [-0.2, -0.15) is 0 Å². The van der Waals surface area contributed by atoms with Crippen LogP contribution in [-0.2, 0) is 10.4 Å². The summed E-state index contributed by atoms with van der Waals surface area (Å²) in [5, 5.41) is 17.4. The average molecular weight is 445 g/mol. The molecule has 0 aromatic heterocycles. The van der Waals surface area contributed by atoms with Crippen LogP contribution in [0.25, 0.3) is 0 Å². The molecule has 0 unspecified atom stereocenters. The Hall–Kier alpha value is -3.15. The van der Waals surface area contributed by atoms with E-state index >= 15 is 0 Å². The minimum atomic E-state index is -1.28. The van der Waals surface area contributed by atoms with E-state index in [4.69, 9.17) is 4.74 Å². The van der Waals surface area contributed by atoms with Gasteiger partial charge in [-0.05, 0) is 49.9 Å². The number of hydrogen-bond donors (Lipinski definition) is 2. The molecule has 1 heterocycles. The van der Waals surface area contributed by atoms with Gasteiger partial charge in [0.05, 0.1) is 19.7 Å². The highest BCUT2D eigenvalue weighted by atomic mass is 16.5. The lowest BCUT2D eigenvalue weighted by Gasteiger charge is -2.50. The van der Waals surface area contributed by atoms with E-state index in [2.05, 4.69) is 5.32 Å². The van der Waals surface area contributed by atoms with E-state index < -0.39 is 5.60 Å². The molecule has 1 amide bonds. The predicted molar refractivity (Wildman–Crippen MR) is 128 cm³/mol. The Morgan fingerprint density at radius 3 is 2.00 bits per heavy atom. The van der Waals surface area contributed by atoms with Gasteiger partial charge in [-0.25, -0.2) is 0 Å². The third-order valence-corrected chi connectivity index (χ3v) is 6.53. The Kier molecular flexibility index (Phi) is 7.43. The first kappa shape index (κ1) is 23.0. The average Bonchev–Trinajstić information content (AvgIpc) is 2.86. The summed E-state index contributed by atoms with van der Waals surface area (Å²) in [7, 11) is 0. The summed E-state index contributed by atoms with van der Waals surface area (Å²) in [6.45, 7) is 4.58. The molecule has 0 aliphatic carbocycles. The number of piperidine rings is 1. The first-order chi connectivity index (χ1) is 16.1. The molecule has 4 rings (SSSR count). The topological polar surface area (TPSA) is 65.8 Å². The number of quaternary nitrogens is 1. The smallest absolute Gasteiger partial charge is 0.279 e. The van der Waals surface area contributed by atoms with Crippen molar-refractivity contribution in [3.8, 4) is 5.75 Å². The summed E-state index contributed by atoms with van der Waals surface area (Å²) in [6, 6.07) is 26.9. The fraction of sp³-hybridized carbons (Fsp3) is 0.321. The van der Waals surface area contributed by atoms with E-state index in [-0.39, 0.29) is 11.8 Å². The summed E-state index contributed by atoms with van der Waals surface area (Å²) in [6.07, 6.45) is 1.58. The van der Waals surface area contributed by atoms with Gasteiger partial charge < -0.3 is 20.1 Å². The van der Waals surface area contributed by atoms with Gasteiger partial charge in [0.25, 0.3) is 5.91 Å². The first-order valence-electron chi connectivity index (χ1n) is 11.8.